The van der Waals surface area contributed by atoms with Gasteiger partial charge in [-0.25, -0.2) is 14.2 Å². The molecule has 0 radical (unpaired) electrons. The summed E-state index contributed by atoms with van der Waals surface area (Å²) in [4.78, 5) is 30.8. The molecule has 34 heavy (non-hydrogen) atoms. The Morgan fingerprint density at radius 2 is 2.18 bits per heavy atom. The predicted octanol–water partition coefficient (Wildman–Crippen LogP) is 1.17. The molecule has 0 saturated carbocycles. The molecule has 5 rings (SSSR count). The number of piperidine rings is 1. The highest BCUT2D eigenvalue weighted by molar-refractivity contribution is 7.18. The number of nitrogens with two attached hydrogens (primary N) is 2. The van der Waals surface area contributed by atoms with E-state index in [0.717, 1.165) is 25.1 Å². The van der Waals surface area contributed by atoms with Crippen molar-refractivity contribution in [2.75, 3.05) is 23.7 Å². The van der Waals surface area contributed by atoms with Crippen LogP contribution in [0.25, 0.3) is 16.9 Å². The molecule has 1 fully saturated rings. The van der Waals surface area contributed by atoms with Gasteiger partial charge < -0.3 is 21.7 Å². The van der Waals surface area contributed by atoms with Crippen LogP contribution in [-0.2, 0) is 11.3 Å². The van der Waals surface area contributed by atoms with Gasteiger partial charge in [-0.15, -0.1) is 16.4 Å². The van der Waals surface area contributed by atoms with E-state index in [-0.39, 0.29) is 18.5 Å². The molecule has 5 heterocycles. The Hall–Kier alpha value is -3.71. The predicted molar refractivity (Wildman–Crippen MR) is 128 cm³/mol. The number of carbonyl (C=O) groups is 2. The van der Waals surface area contributed by atoms with Crippen LogP contribution in [-0.4, -0.2) is 60.5 Å². The average molecular weight is 501 g/mol. The van der Waals surface area contributed by atoms with Gasteiger partial charge in [0, 0.05) is 19.1 Å². The monoisotopic (exact) mass is 500 g/mol. The third-order valence-electron chi connectivity index (χ3n) is 5.58. The molecule has 176 valence electrons. The number of hydrogen-bond donors (Lipinski definition) is 3. The van der Waals surface area contributed by atoms with E-state index in [4.69, 9.17) is 23.1 Å². The number of carbonyl (C=O) groups excluding carboxylic acids is 2. The van der Waals surface area contributed by atoms with Gasteiger partial charge in [0.25, 0.3) is 5.91 Å². The molecule has 4 aromatic heterocycles. The van der Waals surface area contributed by atoms with Crippen LogP contribution in [0.5, 0.6) is 0 Å². The van der Waals surface area contributed by atoms with E-state index in [9.17, 15) is 9.59 Å². The van der Waals surface area contributed by atoms with Crippen molar-refractivity contribution < 1.29 is 9.59 Å². The Morgan fingerprint density at radius 3 is 2.94 bits per heavy atom. The van der Waals surface area contributed by atoms with Gasteiger partial charge >= 0.3 is 0 Å². The molecule has 0 unspecified atom stereocenters. The summed E-state index contributed by atoms with van der Waals surface area (Å²) in [5.74, 6) is -0.338. The van der Waals surface area contributed by atoms with Crippen LogP contribution >= 0.6 is 22.9 Å². The molecule has 0 bridgehead atoms. The number of primary amides is 1. The molecule has 5 N–H and O–H groups in total. The third-order valence-corrected chi connectivity index (χ3v) is 6.81. The highest BCUT2D eigenvalue weighted by Crippen LogP contribution is 2.34. The first-order chi connectivity index (χ1) is 16.4. The second-order valence-corrected chi connectivity index (χ2v) is 9.67. The van der Waals surface area contributed by atoms with Crippen molar-refractivity contribution in [3.8, 4) is 11.4 Å². The van der Waals surface area contributed by atoms with E-state index in [0.29, 0.717) is 38.5 Å². The largest absolute Gasteiger partial charge is 0.382 e. The van der Waals surface area contributed by atoms with Gasteiger partial charge in [-0.05, 0) is 31.0 Å². The molecule has 1 aliphatic rings. The smallest absolute Gasteiger partial charge is 0.261 e. The van der Waals surface area contributed by atoms with E-state index in [1.54, 1.807) is 22.8 Å². The Balaban J connectivity index is 1.44. The van der Waals surface area contributed by atoms with Crippen molar-refractivity contribution in [1.82, 2.24) is 34.9 Å². The number of thiophene rings is 1. The fourth-order valence-corrected chi connectivity index (χ4v) is 5.08. The minimum Gasteiger partial charge on any atom is -0.382 e. The minimum atomic E-state index is -0.519. The summed E-state index contributed by atoms with van der Waals surface area (Å²) in [5, 5.41) is 15.6. The lowest BCUT2D eigenvalue weighted by atomic mass is 10.0. The van der Waals surface area contributed by atoms with Gasteiger partial charge in [-0.1, -0.05) is 16.8 Å². The normalized spacial score (nSPS) is 16.1. The number of hydrogen-bond acceptors (Lipinski definition) is 9. The SMILES string of the molecule is NC(=O)Cn1cc(-c2cc(N3CCC[C@@H](NC(=O)c4ccc(Cl)s4)C3)c3c(N)ncnn23)nn1. The highest BCUT2D eigenvalue weighted by Gasteiger charge is 2.27. The van der Waals surface area contributed by atoms with Crippen molar-refractivity contribution in [2.45, 2.75) is 25.4 Å². The molecule has 4 aromatic rings. The van der Waals surface area contributed by atoms with Gasteiger partial charge in [-0.2, -0.15) is 5.10 Å². The summed E-state index contributed by atoms with van der Waals surface area (Å²) < 4.78 is 3.60. The zero-order chi connectivity index (χ0) is 23.8. The average Bonchev–Trinajstić information content (AvgIpc) is 3.52. The molecule has 1 aliphatic heterocycles. The Bertz CT molecular complexity index is 1380. The summed E-state index contributed by atoms with van der Waals surface area (Å²) in [6, 6.07) is 5.30. The maximum absolute atomic E-state index is 12.6. The number of rotatable bonds is 6. The fraction of sp³-hybridized carbons (Fsp3) is 0.300. The number of amides is 2. The summed E-state index contributed by atoms with van der Waals surface area (Å²) in [6.45, 7) is 1.29. The van der Waals surface area contributed by atoms with Crippen molar-refractivity contribution in [2.24, 2.45) is 5.73 Å². The second kappa shape index (κ2) is 8.91. The number of anilines is 2. The van der Waals surface area contributed by atoms with Crippen LogP contribution in [0.3, 0.4) is 0 Å². The van der Waals surface area contributed by atoms with E-state index in [1.807, 2.05) is 6.07 Å². The lowest BCUT2D eigenvalue weighted by Crippen LogP contribution is -2.47. The Morgan fingerprint density at radius 1 is 1.32 bits per heavy atom. The summed E-state index contributed by atoms with van der Waals surface area (Å²) in [6.07, 6.45) is 4.73. The first-order valence-electron chi connectivity index (χ1n) is 10.5. The molecule has 12 nitrogen and oxygen atoms in total. The van der Waals surface area contributed by atoms with Crippen LogP contribution in [0.4, 0.5) is 11.5 Å². The molecule has 1 saturated heterocycles. The van der Waals surface area contributed by atoms with Crippen molar-refractivity contribution in [1.29, 1.82) is 0 Å². The maximum Gasteiger partial charge on any atom is 0.261 e. The molecule has 1 atom stereocenters. The first kappa shape index (κ1) is 22.1. The first-order valence-corrected chi connectivity index (χ1v) is 11.7. The van der Waals surface area contributed by atoms with Gasteiger partial charge in [0.05, 0.1) is 26.8 Å². The van der Waals surface area contributed by atoms with Crippen molar-refractivity contribution >= 4 is 51.8 Å². The van der Waals surface area contributed by atoms with E-state index < -0.39 is 5.91 Å². The molecule has 0 aliphatic carbocycles. The van der Waals surface area contributed by atoms with Gasteiger partial charge in [0.2, 0.25) is 5.91 Å². The zero-order valence-corrected chi connectivity index (χ0v) is 19.5. The number of halogens is 1. The summed E-state index contributed by atoms with van der Waals surface area (Å²) in [5.41, 5.74) is 14.1. The lowest BCUT2D eigenvalue weighted by molar-refractivity contribution is -0.118. The summed E-state index contributed by atoms with van der Waals surface area (Å²) >= 11 is 7.22. The minimum absolute atomic E-state index is 0.0529. The fourth-order valence-electron chi connectivity index (χ4n) is 4.13. The maximum atomic E-state index is 12.6. The Labute approximate surface area is 202 Å². The number of nitrogen functional groups attached to an aromatic ring is 1. The molecule has 14 heteroatoms. The highest BCUT2D eigenvalue weighted by atomic mass is 35.5. The Kier molecular flexibility index (Phi) is 5.79. The zero-order valence-electron chi connectivity index (χ0n) is 17.9. The van der Waals surface area contributed by atoms with Gasteiger partial charge in [0.15, 0.2) is 5.82 Å². The standard InChI is InChI=1S/C20H21ClN10O2S/c21-16-4-3-15(34-16)20(33)26-11-2-1-5-29(7-11)14-6-13(31-18(14)19(23)24-10-25-31)12-8-30(28-27-12)9-17(22)32/h3-4,6,8,10-11H,1-2,5,7,9H2,(H2,22,32)(H,26,33)(H2,23,24,25)/t11-/m1/s1. The quantitative estimate of drug-likeness (QED) is 0.355. The molecule has 0 aromatic carbocycles. The lowest BCUT2D eigenvalue weighted by Gasteiger charge is -2.34. The summed E-state index contributed by atoms with van der Waals surface area (Å²) in [7, 11) is 0. The van der Waals surface area contributed by atoms with Crippen LogP contribution in [0.1, 0.15) is 22.5 Å². The second-order valence-electron chi connectivity index (χ2n) is 7.95. The van der Waals surface area contributed by atoms with Gasteiger partial charge in [0.1, 0.15) is 24.1 Å². The van der Waals surface area contributed by atoms with Crippen LogP contribution < -0.4 is 21.7 Å². The van der Waals surface area contributed by atoms with Gasteiger partial charge in [-0.3, -0.25) is 9.59 Å². The van der Waals surface area contributed by atoms with Crippen LogP contribution in [0, 0.1) is 0 Å². The molecular formula is C20H21ClN10O2S. The van der Waals surface area contributed by atoms with E-state index in [2.05, 4.69) is 30.6 Å². The topological polar surface area (TPSA) is 162 Å². The molecule has 2 amide bonds. The van der Waals surface area contributed by atoms with Crippen molar-refractivity contribution in [3.63, 3.8) is 0 Å². The molecular weight excluding hydrogens is 480 g/mol. The molecule has 0 spiro atoms. The van der Waals surface area contributed by atoms with Crippen LogP contribution in [0.2, 0.25) is 4.34 Å². The van der Waals surface area contributed by atoms with Crippen molar-refractivity contribution in [3.05, 3.63) is 39.9 Å². The number of nitrogens with one attached hydrogen (secondary N) is 1. The number of nitrogens with zero attached hydrogens (tertiary/aromatic N) is 7. The number of aromatic nitrogens is 6. The third kappa shape index (κ3) is 4.26. The number of fused-ring (bicyclic) bond motifs is 1. The van der Waals surface area contributed by atoms with Crippen LogP contribution in [0.15, 0.2) is 30.7 Å². The van der Waals surface area contributed by atoms with E-state index >= 15 is 0 Å². The van der Waals surface area contributed by atoms with E-state index in [1.165, 1.54) is 22.3 Å².